The fraction of sp³-hybridized carbons (Fsp3) is 0.400. The van der Waals surface area contributed by atoms with Crippen molar-refractivity contribution < 1.29 is 0 Å². The summed E-state index contributed by atoms with van der Waals surface area (Å²) in [5, 5.41) is 14.0. The average Bonchev–Trinajstić information content (AvgIpc) is 2.45. The summed E-state index contributed by atoms with van der Waals surface area (Å²) in [6, 6.07) is 0. The van der Waals surface area contributed by atoms with Gasteiger partial charge in [0.2, 0.25) is 10.1 Å². The van der Waals surface area contributed by atoms with Gasteiger partial charge >= 0.3 is 0 Å². The molecule has 11 heavy (non-hydrogen) atoms. The summed E-state index contributed by atoms with van der Waals surface area (Å²) >= 11 is 3.11. The van der Waals surface area contributed by atoms with E-state index in [2.05, 4.69) is 15.3 Å². The molecule has 4 nitrogen and oxygen atoms in total. The highest BCUT2D eigenvalue weighted by molar-refractivity contribution is 7.98. The summed E-state index contributed by atoms with van der Waals surface area (Å²) in [5.74, 6) is 0. The van der Waals surface area contributed by atoms with Gasteiger partial charge in [-0.05, 0) is 13.2 Å². The largest absolute Gasteiger partial charge is 0.235 e. The van der Waals surface area contributed by atoms with Crippen LogP contribution in [0.5, 0.6) is 0 Å². The summed E-state index contributed by atoms with van der Waals surface area (Å²) in [4.78, 5) is 0.867. The first kappa shape index (κ1) is 7.05. The number of rotatable bonds is 1. The van der Waals surface area contributed by atoms with Crippen LogP contribution in [0.2, 0.25) is 0 Å². The van der Waals surface area contributed by atoms with E-state index < -0.39 is 0 Å². The second kappa shape index (κ2) is 2.46. The smallest absolute Gasteiger partial charge is 0.177 e. The molecule has 0 bridgehead atoms. The lowest BCUT2D eigenvalue weighted by molar-refractivity contribution is 0.813. The van der Waals surface area contributed by atoms with Crippen LogP contribution in [-0.2, 0) is 0 Å². The first-order chi connectivity index (χ1) is 5.31. The normalized spacial score (nSPS) is 11.1. The maximum absolute atomic E-state index is 4.23. The molecule has 2 aromatic heterocycles. The molecular weight excluding hydrogens is 180 g/mol. The number of hydrogen-bond donors (Lipinski definition) is 0. The third kappa shape index (κ3) is 1.02. The fourth-order valence-electron chi connectivity index (χ4n) is 0.822. The van der Waals surface area contributed by atoms with Crippen molar-refractivity contribution in [2.24, 2.45) is 0 Å². The van der Waals surface area contributed by atoms with E-state index in [0.717, 1.165) is 15.1 Å². The first-order valence-corrected chi connectivity index (χ1v) is 5.08. The van der Waals surface area contributed by atoms with Crippen LogP contribution in [0.15, 0.2) is 5.16 Å². The second-order valence-electron chi connectivity index (χ2n) is 2.00. The van der Waals surface area contributed by atoms with Crippen molar-refractivity contribution in [3.63, 3.8) is 0 Å². The molecule has 0 aliphatic carbocycles. The van der Waals surface area contributed by atoms with Gasteiger partial charge in [-0.15, -0.1) is 10.2 Å². The van der Waals surface area contributed by atoms with Crippen molar-refractivity contribution in [1.29, 1.82) is 0 Å². The predicted molar refractivity (Wildman–Crippen MR) is 45.2 cm³/mol. The molecule has 2 heterocycles. The third-order valence-corrected chi connectivity index (χ3v) is 2.68. The SMILES string of the molecule is CSc1nnc2sc(C)nn12. The predicted octanol–water partition coefficient (Wildman–Crippen LogP) is 1.22. The quantitative estimate of drug-likeness (QED) is 0.628. The van der Waals surface area contributed by atoms with Crippen LogP contribution in [0.1, 0.15) is 5.01 Å². The molecule has 0 aromatic carbocycles. The van der Waals surface area contributed by atoms with Crippen LogP contribution < -0.4 is 0 Å². The molecule has 58 valence electrons. The first-order valence-electron chi connectivity index (χ1n) is 3.04. The molecule has 0 aliphatic rings. The van der Waals surface area contributed by atoms with E-state index in [0.29, 0.717) is 0 Å². The highest BCUT2D eigenvalue weighted by Gasteiger charge is 2.07. The van der Waals surface area contributed by atoms with Crippen molar-refractivity contribution >= 4 is 28.1 Å². The standard InChI is InChI=1S/C5H6N4S2/c1-3-8-9-4(10-2)6-7-5(9)11-3/h1-2H3. The van der Waals surface area contributed by atoms with E-state index in [9.17, 15) is 0 Å². The zero-order valence-electron chi connectivity index (χ0n) is 6.11. The van der Waals surface area contributed by atoms with E-state index in [-0.39, 0.29) is 0 Å². The Hall–Kier alpha value is -0.620. The summed E-state index contributed by atoms with van der Waals surface area (Å²) in [6.45, 7) is 1.96. The van der Waals surface area contributed by atoms with E-state index in [1.165, 1.54) is 0 Å². The number of aryl methyl sites for hydroxylation is 1. The zero-order valence-corrected chi connectivity index (χ0v) is 7.74. The lowest BCUT2D eigenvalue weighted by atomic mass is 10.9. The van der Waals surface area contributed by atoms with Gasteiger partial charge in [-0.2, -0.15) is 9.61 Å². The molecule has 0 unspecified atom stereocenters. The van der Waals surface area contributed by atoms with Crippen LogP contribution in [0.3, 0.4) is 0 Å². The second-order valence-corrected chi connectivity index (χ2v) is 3.94. The molecule has 0 atom stereocenters. The lowest BCUT2D eigenvalue weighted by Crippen LogP contribution is -1.86. The minimum atomic E-state index is 0.851. The molecule has 0 fully saturated rings. The summed E-state index contributed by atoms with van der Waals surface area (Å²) in [7, 11) is 0. The highest BCUT2D eigenvalue weighted by Crippen LogP contribution is 2.17. The van der Waals surface area contributed by atoms with Gasteiger partial charge in [0, 0.05) is 0 Å². The van der Waals surface area contributed by atoms with Crippen LogP contribution in [0, 0.1) is 6.92 Å². The van der Waals surface area contributed by atoms with Crippen LogP contribution in [-0.4, -0.2) is 26.1 Å². The molecule has 0 saturated carbocycles. The van der Waals surface area contributed by atoms with Crippen LogP contribution >= 0.6 is 23.1 Å². The number of thioether (sulfide) groups is 1. The third-order valence-electron chi connectivity index (χ3n) is 1.25. The molecule has 2 aromatic rings. The summed E-state index contributed by atoms with van der Waals surface area (Å²) in [6.07, 6.45) is 1.96. The monoisotopic (exact) mass is 186 g/mol. The minimum absolute atomic E-state index is 0.851. The molecule has 0 saturated heterocycles. The highest BCUT2D eigenvalue weighted by atomic mass is 32.2. The van der Waals surface area contributed by atoms with Gasteiger partial charge in [0.15, 0.2) is 0 Å². The molecule has 6 heteroatoms. The maximum Gasteiger partial charge on any atom is 0.235 e. The Balaban J connectivity index is 2.73. The average molecular weight is 186 g/mol. The molecule has 0 spiro atoms. The lowest BCUT2D eigenvalue weighted by Gasteiger charge is -1.84. The van der Waals surface area contributed by atoms with Gasteiger partial charge in [0.05, 0.1) is 0 Å². The van der Waals surface area contributed by atoms with Crippen LogP contribution in [0.4, 0.5) is 0 Å². The van der Waals surface area contributed by atoms with Gasteiger partial charge in [-0.3, -0.25) is 0 Å². The van der Waals surface area contributed by atoms with Gasteiger partial charge in [0.1, 0.15) is 5.01 Å². The molecule has 0 N–H and O–H groups in total. The Labute approximate surface area is 71.6 Å². The minimum Gasteiger partial charge on any atom is -0.177 e. The topological polar surface area (TPSA) is 43.1 Å². The van der Waals surface area contributed by atoms with Crippen molar-refractivity contribution in [2.45, 2.75) is 12.1 Å². The van der Waals surface area contributed by atoms with Crippen molar-refractivity contribution in [3.8, 4) is 0 Å². The Morgan fingerprint density at radius 1 is 1.45 bits per heavy atom. The van der Waals surface area contributed by atoms with Gasteiger partial charge in [-0.1, -0.05) is 23.1 Å². The number of aromatic nitrogens is 4. The van der Waals surface area contributed by atoms with Crippen molar-refractivity contribution in [2.75, 3.05) is 6.26 Å². The maximum atomic E-state index is 4.23. The van der Waals surface area contributed by atoms with Gasteiger partial charge in [0.25, 0.3) is 0 Å². The molecular formula is C5H6N4S2. The van der Waals surface area contributed by atoms with E-state index >= 15 is 0 Å². The Kier molecular flexibility index (Phi) is 1.57. The van der Waals surface area contributed by atoms with Crippen molar-refractivity contribution in [1.82, 2.24) is 19.8 Å². The van der Waals surface area contributed by atoms with E-state index in [4.69, 9.17) is 0 Å². The van der Waals surface area contributed by atoms with Crippen molar-refractivity contribution in [3.05, 3.63) is 5.01 Å². The van der Waals surface area contributed by atoms with Crippen LogP contribution in [0.25, 0.3) is 4.96 Å². The molecule has 0 radical (unpaired) electrons. The zero-order chi connectivity index (χ0) is 7.84. The summed E-state index contributed by atoms with van der Waals surface area (Å²) in [5.41, 5.74) is 0. The molecule has 0 aliphatic heterocycles. The number of fused-ring (bicyclic) bond motifs is 1. The summed E-state index contributed by atoms with van der Waals surface area (Å²) < 4.78 is 1.77. The van der Waals surface area contributed by atoms with E-state index in [1.807, 2.05) is 13.2 Å². The number of nitrogens with zero attached hydrogens (tertiary/aromatic N) is 4. The number of hydrogen-bond acceptors (Lipinski definition) is 5. The van der Waals surface area contributed by atoms with E-state index in [1.54, 1.807) is 27.6 Å². The Bertz CT molecular complexity index is 377. The Morgan fingerprint density at radius 3 is 3.00 bits per heavy atom. The van der Waals surface area contributed by atoms with Gasteiger partial charge in [-0.25, -0.2) is 0 Å². The molecule has 2 rings (SSSR count). The van der Waals surface area contributed by atoms with Gasteiger partial charge < -0.3 is 0 Å². The Morgan fingerprint density at radius 2 is 2.27 bits per heavy atom. The molecule has 0 amide bonds. The fourth-order valence-corrected chi connectivity index (χ4v) is 1.98.